The molecule has 0 aromatic heterocycles. The van der Waals surface area contributed by atoms with Crippen molar-refractivity contribution in [2.24, 2.45) is 0 Å². The summed E-state index contributed by atoms with van der Waals surface area (Å²) in [6, 6.07) is 11.3. The highest BCUT2D eigenvalue weighted by Crippen LogP contribution is 2.23. The van der Waals surface area contributed by atoms with Crippen molar-refractivity contribution in [1.29, 1.82) is 0 Å². The van der Waals surface area contributed by atoms with Gasteiger partial charge in [0.15, 0.2) is 8.32 Å². The number of hydrogen-bond donors (Lipinski definition) is 0. The van der Waals surface area contributed by atoms with E-state index in [9.17, 15) is 0 Å². The van der Waals surface area contributed by atoms with E-state index in [1.165, 1.54) is 19.0 Å². The fraction of sp³-hybridized carbons (Fsp3) is 0.714. The molecule has 4 nitrogen and oxygen atoms in total. The maximum absolute atomic E-state index is 6.64. The summed E-state index contributed by atoms with van der Waals surface area (Å²) in [5, 5.41) is 0. The van der Waals surface area contributed by atoms with E-state index in [-0.39, 0.29) is 6.10 Å². The van der Waals surface area contributed by atoms with Gasteiger partial charge in [-0.3, -0.25) is 0 Å². The zero-order valence-corrected chi connectivity index (χ0v) is 20.1. The van der Waals surface area contributed by atoms with Crippen LogP contribution in [0.5, 0.6) is 5.75 Å². The van der Waals surface area contributed by atoms with E-state index in [4.69, 9.17) is 13.9 Å². The Labute approximate surface area is 168 Å². The Morgan fingerprint density at radius 3 is 2.67 bits per heavy atom. The molecule has 1 aromatic rings. The third-order valence-corrected chi connectivity index (χ3v) is 10.2. The van der Waals surface area contributed by atoms with Crippen molar-refractivity contribution < 1.29 is 13.9 Å². The summed E-state index contributed by atoms with van der Waals surface area (Å²) in [6.07, 6.45) is 2.54. The zero-order valence-electron chi connectivity index (χ0n) is 17.9. The molecule has 1 aliphatic rings. The van der Waals surface area contributed by atoms with Crippen LogP contribution < -0.4 is 4.74 Å². The standard InChI is InChI=1S/C21H39NO3Si2/c1-6-23-15-13-21(26(2)3)22-14-10-16-27(4,5)25-20(17-22)18-24-19-11-8-7-9-12-19/h7-9,11-12,20-21,26H,6,10,13-18H2,1-5H3. The van der Waals surface area contributed by atoms with Gasteiger partial charge < -0.3 is 18.8 Å². The molecule has 0 bridgehead atoms. The van der Waals surface area contributed by atoms with Crippen LogP contribution in [0.3, 0.4) is 0 Å². The van der Waals surface area contributed by atoms with Crippen LogP contribution in [0, 0.1) is 0 Å². The minimum atomic E-state index is -1.62. The Morgan fingerprint density at radius 1 is 1.26 bits per heavy atom. The largest absolute Gasteiger partial charge is 0.491 e. The lowest BCUT2D eigenvalue weighted by molar-refractivity contribution is 0.0574. The third kappa shape index (κ3) is 8.07. The molecule has 0 aliphatic carbocycles. The second kappa shape index (κ2) is 11.4. The molecule has 1 saturated heterocycles. The van der Waals surface area contributed by atoms with E-state index in [0.717, 1.165) is 31.9 Å². The van der Waals surface area contributed by atoms with Crippen LogP contribution in [0.2, 0.25) is 32.2 Å². The number of benzene rings is 1. The first-order valence-electron chi connectivity index (χ1n) is 10.6. The minimum Gasteiger partial charge on any atom is -0.491 e. The van der Waals surface area contributed by atoms with E-state index in [1.807, 2.05) is 30.3 Å². The summed E-state index contributed by atoms with van der Waals surface area (Å²) < 4.78 is 18.4. The minimum absolute atomic E-state index is 0.148. The smallest absolute Gasteiger partial charge is 0.187 e. The van der Waals surface area contributed by atoms with Crippen molar-refractivity contribution >= 4 is 17.1 Å². The average molecular weight is 410 g/mol. The molecule has 1 fully saturated rings. The van der Waals surface area contributed by atoms with Crippen molar-refractivity contribution in [2.75, 3.05) is 32.9 Å². The van der Waals surface area contributed by atoms with E-state index in [1.54, 1.807) is 0 Å². The maximum Gasteiger partial charge on any atom is 0.187 e. The lowest BCUT2D eigenvalue weighted by Gasteiger charge is -2.41. The summed E-state index contributed by atoms with van der Waals surface area (Å²) in [6.45, 7) is 16.2. The van der Waals surface area contributed by atoms with E-state index in [2.05, 4.69) is 38.0 Å². The van der Waals surface area contributed by atoms with Crippen molar-refractivity contribution in [3.63, 3.8) is 0 Å². The van der Waals surface area contributed by atoms with Gasteiger partial charge in [-0.15, -0.1) is 0 Å². The predicted octanol–water partition coefficient (Wildman–Crippen LogP) is 4.18. The van der Waals surface area contributed by atoms with Crippen LogP contribution in [0.15, 0.2) is 30.3 Å². The van der Waals surface area contributed by atoms with Gasteiger partial charge in [0.25, 0.3) is 0 Å². The molecule has 6 heteroatoms. The van der Waals surface area contributed by atoms with Crippen LogP contribution in [0.25, 0.3) is 0 Å². The van der Waals surface area contributed by atoms with Crippen molar-refractivity contribution in [3.8, 4) is 5.75 Å². The lowest BCUT2D eigenvalue weighted by atomic mass is 10.2. The van der Waals surface area contributed by atoms with Gasteiger partial charge >= 0.3 is 0 Å². The maximum atomic E-state index is 6.64. The highest BCUT2D eigenvalue weighted by molar-refractivity contribution is 6.71. The lowest BCUT2D eigenvalue weighted by Crippen LogP contribution is -2.53. The summed E-state index contributed by atoms with van der Waals surface area (Å²) >= 11 is 0. The Morgan fingerprint density at radius 2 is 2.00 bits per heavy atom. The Kier molecular flexibility index (Phi) is 9.52. The van der Waals surface area contributed by atoms with Gasteiger partial charge in [0.1, 0.15) is 12.4 Å². The first-order valence-corrected chi connectivity index (χ1v) is 16.7. The van der Waals surface area contributed by atoms with Gasteiger partial charge in [0, 0.05) is 25.4 Å². The normalized spacial score (nSPS) is 22.2. The fourth-order valence-electron chi connectivity index (χ4n) is 3.99. The number of rotatable bonds is 9. The molecule has 154 valence electrons. The molecule has 0 amide bonds. The highest BCUT2D eigenvalue weighted by atomic mass is 28.4. The molecule has 0 spiro atoms. The fourth-order valence-corrected chi connectivity index (χ4v) is 8.08. The second-order valence-electron chi connectivity index (χ2n) is 8.52. The molecule has 0 radical (unpaired) electrons. The third-order valence-electron chi connectivity index (χ3n) is 5.33. The first kappa shape index (κ1) is 22.6. The Bertz CT molecular complexity index is 527. The van der Waals surface area contributed by atoms with Crippen LogP contribution in [0.4, 0.5) is 0 Å². The van der Waals surface area contributed by atoms with Crippen molar-refractivity contribution in [1.82, 2.24) is 4.90 Å². The number of ether oxygens (including phenoxy) is 2. The Hall–Kier alpha value is -0.666. The topological polar surface area (TPSA) is 30.9 Å². The number of hydrogen-bond acceptors (Lipinski definition) is 4. The summed E-state index contributed by atoms with van der Waals surface area (Å²) in [7, 11) is -2.43. The monoisotopic (exact) mass is 409 g/mol. The molecule has 1 aromatic carbocycles. The molecule has 2 atom stereocenters. The van der Waals surface area contributed by atoms with Crippen molar-refractivity contribution in [3.05, 3.63) is 30.3 Å². The molecular weight excluding hydrogens is 370 g/mol. The van der Waals surface area contributed by atoms with E-state index >= 15 is 0 Å². The van der Waals surface area contributed by atoms with E-state index in [0.29, 0.717) is 12.3 Å². The van der Waals surface area contributed by atoms with Crippen LogP contribution in [-0.4, -0.2) is 66.7 Å². The van der Waals surface area contributed by atoms with Gasteiger partial charge in [-0.05, 0) is 57.6 Å². The summed E-state index contributed by atoms with van der Waals surface area (Å²) in [5.41, 5.74) is 0.669. The zero-order chi connectivity index (χ0) is 19.7. The summed E-state index contributed by atoms with van der Waals surface area (Å²) in [5.74, 6) is 0.931. The van der Waals surface area contributed by atoms with Crippen LogP contribution in [-0.2, 0) is 9.16 Å². The number of nitrogens with zero attached hydrogens (tertiary/aromatic N) is 1. The Balaban J connectivity index is 2.04. The quantitative estimate of drug-likeness (QED) is 0.452. The molecule has 0 saturated carbocycles. The van der Waals surface area contributed by atoms with Crippen LogP contribution >= 0.6 is 0 Å². The first-order chi connectivity index (χ1) is 12.9. The molecule has 2 unspecified atom stereocenters. The second-order valence-corrected chi connectivity index (χ2v) is 16.0. The number of para-hydroxylation sites is 1. The van der Waals surface area contributed by atoms with Gasteiger partial charge in [0.05, 0.1) is 14.9 Å². The summed E-state index contributed by atoms with van der Waals surface area (Å²) in [4.78, 5) is 2.69. The molecule has 0 N–H and O–H groups in total. The van der Waals surface area contributed by atoms with Gasteiger partial charge in [0.2, 0.25) is 0 Å². The van der Waals surface area contributed by atoms with Gasteiger partial charge in [-0.25, -0.2) is 0 Å². The van der Waals surface area contributed by atoms with Crippen molar-refractivity contribution in [2.45, 2.75) is 63.8 Å². The van der Waals surface area contributed by atoms with Gasteiger partial charge in [-0.2, -0.15) is 0 Å². The SMILES string of the molecule is CCOCCC(N1CCC[Si](C)(C)OC(COc2ccccc2)C1)[SiH](C)C. The molecule has 1 heterocycles. The van der Waals surface area contributed by atoms with Gasteiger partial charge in [-0.1, -0.05) is 31.3 Å². The molecular formula is C21H39NO3Si2. The average Bonchev–Trinajstić information content (AvgIpc) is 2.61. The predicted molar refractivity (Wildman–Crippen MR) is 119 cm³/mol. The van der Waals surface area contributed by atoms with E-state index < -0.39 is 17.1 Å². The molecule has 27 heavy (non-hydrogen) atoms. The van der Waals surface area contributed by atoms with Crippen LogP contribution in [0.1, 0.15) is 19.8 Å². The molecule has 1 aliphatic heterocycles. The molecule has 2 rings (SSSR count). The highest BCUT2D eigenvalue weighted by Gasteiger charge is 2.33.